The first-order valence-electron chi connectivity index (χ1n) is 5.07. The van der Waals surface area contributed by atoms with Gasteiger partial charge in [-0.15, -0.1) is 0 Å². The summed E-state index contributed by atoms with van der Waals surface area (Å²) >= 11 is 0. The van der Waals surface area contributed by atoms with Gasteiger partial charge in [-0.3, -0.25) is 0 Å². The van der Waals surface area contributed by atoms with Crippen LogP contribution in [-0.2, 0) is 4.74 Å². The van der Waals surface area contributed by atoms with Gasteiger partial charge in [-0.05, 0) is 19.3 Å². The molecule has 0 rings (SSSR count). The molecule has 0 bridgehead atoms. The third-order valence-electron chi connectivity index (χ3n) is 1.83. The molecule has 0 aliphatic carbocycles. The van der Waals surface area contributed by atoms with Crippen LogP contribution in [0.3, 0.4) is 0 Å². The van der Waals surface area contributed by atoms with Crippen LogP contribution in [0.2, 0.25) is 0 Å². The van der Waals surface area contributed by atoms with E-state index in [4.69, 9.17) is 4.74 Å². The fraction of sp³-hybridized carbons (Fsp3) is 1.00. The second-order valence-electron chi connectivity index (χ2n) is 3.20. The van der Waals surface area contributed by atoms with Gasteiger partial charge in [-0.1, -0.05) is 26.7 Å². The summed E-state index contributed by atoms with van der Waals surface area (Å²) in [6.07, 6.45) is 4.90. The van der Waals surface area contributed by atoms with Crippen LogP contribution < -0.4 is 0 Å². The molecule has 0 saturated carbocycles. The van der Waals surface area contributed by atoms with Crippen LogP contribution >= 0.6 is 0 Å². The molecule has 1 N–H and O–H groups in total. The summed E-state index contributed by atoms with van der Waals surface area (Å²) in [7, 11) is 0. The van der Waals surface area contributed by atoms with Crippen molar-refractivity contribution in [2.75, 3.05) is 13.2 Å². The molecule has 12 heavy (non-hydrogen) atoms. The highest BCUT2D eigenvalue weighted by molar-refractivity contribution is 4.54. The molecule has 1 unspecified atom stereocenters. The van der Waals surface area contributed by atoms with E-state index in [2.05, 4.69) is 13.8 Å². The van der Waals surface area contributed by atoms with Gasteiger partial charge in [0.1, 0.15) is 0 Å². The maximum absolute atomic E-state index is 9.40. The first-order chi connectivity index (χ1) is 5.81. The van der Waals surface area contributed by atoms with Crippen LogP contribution in [0.5, 0.6) is 0 Å². The molecule has 0 radical (unpaired) electrons. The molecule has 0 aromatic carbocycles. The van der Waals surface area contributed by atoms with Crippen LogP contribution in [0, 0.1) is 0 Å². The molecule has 0 aliphatic rings. The molecular weight excluding hydrogens is 152 g/mol. The molecule has 1 atom stereocenters. The van der Waals surface area contributed by atoms with Gasteiger partial charge in [-0.2, -0.15) is 0 Å². The minimum atomic E-state index is -0.151. The third kappa shape index (κ3) is 8.02. The van der Waals surface area contributed by atoms with Crippen molar-refractivity contribution in [3.63, 3.8) is 0 Å². The Bertz CT molecular complexity index is 83.9. The lowest BCUT2D eigenvalue weighted by Crippen LogP contribution is -2.10. The number of rotatable bonds is 8. The highest BCUT2D eigenvalue weighted by atomic mass is 16.5. The number of hydrogen-bond acceptors (Lipinski definition) is 2. The minimum absolute atomic E-state index is 0.151. The maximum atomic E-state index is 9.40. The van der Waals surface area contributed by atoms with Crippen LogP contribution in [-0.4, -0.2) is 24.4 Å². The smallest absolute Gasteiger partial charge is 0.0562 e. The summed E-state index contributed by atoms with van der Waals surface area (Å²) in [6, 6.07) is 0. The Hall–Kier alpha value is -0.0800. The zero-order valence-electron chi connectivity index (χ0n) is 8.38. The summed E-state index contributed by atoms with van der Waals surface area (Å²) in [6.45, 7) is 5.76. The Balaban J connectivity index is 3.02. The summed E-state index contributed by atoms with van der Waals surface area (Å²) in [4.78, 5) is 0. The van der Waals surface area contributed by atoms with Crippen molar-refractivity contribution >= 4 is 0 Å². The number of aliphatic hydroxyl groups excluding tert-OH is 1. The third-order valence-corrected chi connectivity index (χ3v) is 1.83. The highest BCUT2D eigenvalue weighted by Gasteiger charge is 2.01. The summed E-state index contributed by atoms with van der Waals surface area (Å²) in [5, 5.41) is 9.40. The first-order valence-corrected chi connectivity index (χ1v) is 5.07. The average molecular weight is 174 g/mol. The molecule has 74 valence electrons. The van der Waals surface area contributed by atoms with E-state index in [1.54, 1.807) is 0 Å². The number of unbranched alkanes of at least 4 members (excludes halogenated alkanes) is 1. The van der Waals surface area contributed by atoms with Crippen molar-refractivity contribution in [2.45, 2.75) is 52.1 Å². The van der Waals surface area contributed by atoms with Crippen molar-refractivity contribution in [3.05, 3.63) is 0 Å². The molecular formula is C10H22O2. The van der Waals surface area contributed by atoms with Crippen LogP contribution in [0.4, 0.5) is 0 Å². The average Bonchev–Trinajstić information content (AvgIpc) is 2.09. The fourth-order valence-corrected chi connectivity index (χ4v) is 1.05. The van der Waals surface area contributed by atoms with Gasteiger partial charge in [-0.25, -0.2) is 0 Å². The second kappa shape index (κ2) is 9.01. The van der Waals surface area contributed by atoms with Crippen molar-refractivity contribution < 1.29 is 9.84 Å². The molecule has 0 heterocycles. The summed E-state index contributed by atoms with van der Waals surface area (Å²) in [5.74, 6) is 0. The topological polar surface area (TPSA) is 29.5 Å². The molecule has 0 spiro atoms. The van der Waals surface area contributed by atoms with Gasteiger partial charge in [0.2, 0.25) is 0 Å². The Morgan fingerprint density at radius 2 is 1.83 bits per heavy atom. The standard InChI is InChI=1S/C10H22O2/c1-3-5-6-10(11)7-9-12-8-4-2/h10-11H,3-9H2,1-2H3. The molecule has 0 aliphatic heterocycles. The molecule has 0 aromatic heterocycles. The van der Waals surface area contributed by atoms with Gasteiger partial charge in [0.25, 0.3) is 0 Å². The SMILES string of the molecule is CCCCC(O)CCOCCC. The molecule has 0 amide bonds. The zero-order valence-corrected chi connectivity index (χ0v) is 8.38. The van der Waals surface area contributed by atoms with E-state index in [9.17, 15) is 5.11 Å². The largest absolute Gasteiger partial charge is 0.393 e. The lowest BCUT2D eigenvalue weighted by Gasteiger charge is -2.09. The lowest BCUT2D eigenvalue weighted by atomic mass is 10.1. The van der Waals surface area contributed by atoms with E-state index < -0.39 is 0 Å². The summed E-state index contributed by atoms with van der Waals surface area (Å²) < 4.78 is 5.27. The van der Waals surface area contributed by atoms with E-state index in [1.807, 2.05) is 0 Å². The van der Waals surface area contributed by atoms with Gasteiger partial charge in [0, 0.05) is 13.2 Å². The van der Waals surface area contributed by atoms with Crippen LogP contribution in [0.25, 0.3) is 0 Å². The Labute approximate surface area is 75.9 Å². The predicted octanol–water partition coefficient (Wildman–Crippen LogP) is 2.35. The van der Waals surface area contributed by atoms with Gasteiger partial charge < -0.3 is 9.84 Å². The number of ether oxygens (including phenoxy) is 1. The van der Waals surface area contributed by atoms with E-state index in [0.29, 0.717) is 6.61 Å². The second-order valence-corrected chi connectivity index (χ2v) is 3.20. The quantitative estimate of drug-likeness (QED) is 0.572. The fourth-order valence-electron chi connectivity index (χ4n) is 1.05. The Morgan fingerprint density at radius 1 is 1.08 bits per heavy atom. The van der Waals surface area contributed by atoms with E-state index in [0.717, 1.165) is 38.7 Å². The van der Waals surface area contributed by atoms with Crippen molar-refractivity contribution in [2.24, 2.45) is 0 Å². The van der Waals surface area contributed by atoms with E-state index in [-0.39, 0.29) is 6.10 Å². The molecule has 0 aromatic rings. The maximum Gasteiger partial charge on any atom is 0.0562 e. The van der Waals surface area contributed by atoms with Crippen molar-refractivity contribution in [1.29, 1.82) is 0 Å². The highest BCUT2D eigenvalue weighted by Crippen LogP contribution is 2.03. The molecule has 2 nitrogen and oxygen atoms in total. The number of hydrogen-bond donors (Lipinski definition) is 1. The Kier molecular flexibility index (Phi) is 8.95. The Morgan fingerprint density at radius 3 is 2.42 bits per heavy atom. The normalized spacial score (nSPS) is 13.2. The molecule has 0 fully saturated rings. The van der Waals surface area contributed by atoms with Gasteiger partial charge in [0.15, 0.2) is 0 Å². The van der Waals surface area contributed by atoms with E-state index >= 15 is 0 Å². The molecule has 0 saturated heterocycles. The summed E-state index contributed by atoms with van der Waals surface area (Å²) in [5.41, 5.74) is 0. The van der Waals surface area contributed by atoms with Gasteiger partial charge in [0.05, 0.1) is 6.10 Å². The lowest BCUT2D eigenvalue weighted by molar-refractivity contribution is 0.0774. The van der Waals surface area contributed by atoms with Crippen molar-refractivity contribution in [3.8, 4) is 0 Å². The van der Waals surface area contributed by atoms with E-state index in [1.165, 1.54) is 0 Å². The predicted molar refractivity (Wildman–Crippen MR) is 51.3 cm³/mol. The first kappa shape index (κ1) is 11.9. The monoisotopic (exact) mass is 174 g/mol. The van der Waals surface area contributed by atoms with Crippen molar-refractivity contribution in [1.82, 2.24) is 0 Å². The van der Waals surface area contributed by atoms with Crippen LogP contribution in [0.1, 0.15) is 46.0 Å². The zero-order chi connectivity index (χ0) is 9.23. The number of aliphatic hydroxyl groups is 1. The molecule has 2 heteroatoms. The van der Waals surface area contributed by atoms with Gasteiger partial charge >= 0.3 is 0 Å². The van der Waals surface area contributed by atoms with Crippen LogP contribution in [0.15, 0.2) is 0 Å². The minimum Gasteiger partial charge on any atom is -0.393 e.